The predicted molar refractivity (Wildman–Crippen MR) is 67.7 cm³/mol. The van der Waals surface area contributed by atoms with Crippen molar-refractivity contribution >= 4 is 17.9 Å². The summed E-state index contributed by atoms with van der Waals surface area (Å²) in [5.41, 5.74) is -3.62. The maximum Gasteiger partial charge on any atom is 0.434 e. The first-order valence-corrected chi connectivity index (χ1v) is 6.59. The molecule has 0 spiro atoms. The zero-order chi connectivity index (χ0) is 16.4. The normalized spacial score (nSPS) is 12.3. The number of hydrogen-bond acceptors (Lipinski definition) is 2. The summed E-state index contributed by atoms with van der Waals surface area (Å²) in [7, 11) is 0. The standard InChI is InChI=1S/C13H13ClF5NO/c1-6(2)3-7-8(4-14)10(12(15)16)20-11(9(7)5-21)13(17,18)19/h5-6,12H,3-4H2,1-2H3. The molecule has 0 atom stereocenters. The van der Waals surface area contributed by atoms with E-state index in [1.807, 2.05) is 0 Å². The summed E-state index contributed by atoms with van der Waals surface area (Å²) >= 11 is 5.59. The number of rotatable bonds is 5. The van der Waals surface area contributed by atoms with Gasteiger partial charge in [-0.1, -0.05) is 13.8 Å². The number of alkyl halides is 6. The molecule has 0 aromatic carbocycles. The van der Waals surface area contributed by atoms with E-state index in [1.54, 1.807) is 13.8 Å². The first-order chi connectivity index (χ1) is 9.63. The van der Waals surface area contributed by atoms with Gasteiger partial charge in [0.2, 0.25) is 0 Å². The lowest BCUT2D eigenvalue weighted by Gasteiger charge is -2.20. The van der Waals surface area contributed by atoms with Gasteiger partial charge in [-0.05, 0) is 23.5 Å². The maximum absolute atomic E-state index is 13.0. The molecule has 118 valence electrons. The maximum atomic E-state index is 13.0. The molecule has 0 saturated carbocycles. The highest BCUT2D eigenvalue weighted by molar-refractivity contribution is 6.17. The number of nitrogens with zero attached hydrogens (tertiary/aromatic N) is 1. The second kappa shape index (κ2) is 6.68. The van der Waals surface area contributed by atoms with E-state index in [0.717, 1.165) is 0 Å². The van der Waals surface area contributed by atoms with E-state index >= 15 is 0 Å². The summed E-state index contributed by atoms with van der Waals surface area (Å²) in [6.07, 6.45) is -8.16. The van der Waals surface area contributed by atoms with E-state index in [1.165, 1.54) is 0 Å². The van der Waals surface area contributed by atoms with Crippen molar-refractivity contribution in [2.75, 3.05) is 0 Å². The van der Waals surface area contributed by atoms with Crippen molar-refractivity contribution < 1.29 is 26.7 Å². The van der Waals surface area contributed by atoms with Crippen LogP contribution in [-0.2, 0) is 18.5 Å². The molecule has 1 aromatic heterocycles. The Morgan fingerprint density at radius 2 is 1.81 bits per heavy atom. The molecule has 0 fully saturated rings. The molecule has 0 saturated heterocycles. The van der Waals surface area contributed by atoms with Crippen molar-refractivity contribution in [2.45, 2.75) is 38.8 Å². The van der Waals surface area contributed by atoms with Gasteiger partial charge in [-0.2, -0.15) is 13.2 Å². The minimum Gasteiger partial charge on any atom is -0.298 e. The zero-order valence-electron chi connectivity index (χ0n) is 11.3. The summed E-state index contributed by atoms with van der Waals surface area (Å²) in [5, 5.41) is 0. The molecule has 0 aliphatic rings. The van der Waals surface area contributed by atoms with Gasteiger partial charge in [0.1, 0.15) is 5.69 Å². The van der Waals surface area contributed by atoms with Crippen LogP contribution in [0.2, 0.25) is 0 Å². The van der Waals surface area contributed by atoms with Crippen LogP contribution in [0.4, 0.5) is 22.0 Å². The van der Waals surface area contributed by atoms with Gasteiger partial charge in [0.25, 0.3) is 6.43 Å². The molecule has 21 heavy (non-hydrogen) atoms. The Hall–Kier alpha value is -1.24. The quantitative estimate of drug-likeness (QED) is 0.442. The molecule has 0 bridgehead atoms. The van der Waals surface area contributed by atoms with Crippen molar-refractivity contribution in [1.29, 1.82) is 0 Å². The summed E-state index contributed by atoms with van der Waals surface area (Å²) in [6.45, 7) is 3.39. The lowest BCUT2D eigenvalue weighted by Crippen LogP contribution is -2.19. The van der Waals surface area contributed by atoms with E-state index in [2.05, 4.69) is 4.98 Å². The van der Waals surface area contributed by atoms with E-state index < -0.39 is 35.4 Å². The van der Waals surface area contributed by atoms with Gasteiger partial charge in [0.15, 0.2) is 12.0 Å². The van der Waals surface area contributed by atoms with Crippen LogP contribution in [0.5, 0.6) is 0 Å². The van der Waals surface area contributed by atoms with Crippen LogP contribution in [0.25, 0.3) is 0 Å². The van der Waals surface area contributed by atoms with Crippen LogP contribution in [0.3, 0.4) is 0 Å². The predicted octanol–water partition coefficient (Wildman–Crippen LogP) is 4.79. The van der Waals surface area contributed by atoms with E-state index in [0.29, 0.717) is 0 Å². The Kier molecular flexibility index (Phi) is 5.67. The van der Waals surface area contributed by atoms with Crippen LogP contribution in [0.15, 0.2) is 0 Å². The Balaban J connectivity index is 3.77. The van der Waals surface area contributed by atoms with Crippen molar-refractivity contribution in [3.63, 3.8) is 0 Å². The third-order valence-corrected chi connectivity index (χ3v) is 3.09. The summed E-state index contributed by atoms with van der Waals surface area (Å²) in [6, 6.07) is 0. The van der Waals surface area contributed by atoms with Gasteiger partial charge in [0, 0.05) is 11.4 Å². The second-order valence-corrected chi connectivity index (χ2v) is 5.13. The molecule has 0 amide bonds. The Morgan fingerprint density at radius 1 is 1.24 bits per heavy atom. The molecule has 0 aliphatic carbocycles. The molecule has 0 aliphatic heterocycles. The first kappa shape index (κ1) is 17.8. The Labute approximate surface area is 123 Å². The largest absolute Gasteiger partial charge is 0.434 e. The number of pyridine rings is 1. The number of aldehydes is 1. The number of aromatic nitrogens is 1. The molecule has 1 aromatic rings. The van der Waals surface area contributed by atoms with Crippen LogP contribution in [0, 0.1) is 5.92 Å². The molecule has 1 heterocycles. The number of halogens is 6. The van der Waals surface area contributed by atoms with Gasteiger partial charge < -0.3 is 0 Å². The van der Waals surface area contributed by atoms with Gasteiger partial charge in [-0.15, -0.1) is 11.6 Å². The number of hydrogen-bond donors (Lipinski definition) is 0. The van der Waals surface area contributed by atoms with Crippen LogP contribution >= 0.6 is 11.6 Å². The highest BCUT2D eigenvalue weighted by atomic mass is 35.5. The van der Waals surface area contributed by atoms with Gasteiger partial charge >= 0.3 is 6.18 Å². The summed E-state index contributed by atoms with van der Waals surface area (Å²) < 4.78 is 64.7. The van der Waals surface area contributed by atoms with E-state index in [-0.39, 0.29) is 29.8 Å². The van der Waals surface area contributed by atoms with Crippen LogP contribution in [0.1, 0.15) is 53.1 Å². The van der Waals surface area contributed by atoms with E-state index in [4.69, 9.17) is 11.6 Å². The monoisotopic (exact) mass is 329 g/mol. The minimum atomic E-state index is -4.99. The SMILES string of the molecule is CC(C)Cc1c(C=O)c(C(F)(F)F)nc(C(F)F)c1CCl. The van der Waals surface area contributed by atoms with Crippen LogP contribution < -0.4 is 0 Å². The fraction of sp³-hybridized carbons (Fsp3) is 0.538. The lowest BCUT2D eigenvalue weighted by molar-refractivity contribution is -0.141. The molecule has 0 unspecified atom stereocenters. The molecular weight excluding hydrogens is 317 g/mol. The zero-order valence-corrected chi connectivity index (χ0v) is 12.0. The fourth-order valence-electron chi connectivity index (χ4n) is 2.02. The molecule has 2 nitrogen and oxygen atoms in total. The van der Waals surface area contributed by atoms with Gasteiger partial charge in [0.05, 0.1) is 0 Å². The summed E-state index contributed by atoms with van der Waals surface area (Å²) in [4.78, 5) is 14.0. The van der Waals surface area contributed by atoms with Crippen molar-refractivity contribution in [2.24, 2.45) is 5.92 Å². The lowest BCUT2D eigenvalue weighted by atomic mass is 9.92. The highest BCUT2D eigenvalue weighted by Crippen LogP contribution is 2.37. The average molecular weight is 330 g/mol. The smallest absolute Gasteiger partial charge is 0.298 e. The minimum absolute atomic E-state index is 0.00116. The molecule has 8 heteroatoms. The fourth-order valence-corrected chi connectivity index (χ4v) is 2.32. The molecule has 0 N–H and O–H groups in total. The van der Waals surface area contributed by atoms with Crippen molar-refractivity contribution in [1.82, 2.24) is 4.98 Å². The van der Waals surface area contributed by atoms with Gasteiger partial charge in [-0.3, -0.25) is 4.79 Å². The van der Waals surface area contributed by atoms with E-state index in [9.17, 15) is 26.7 Å². The molecule has 0 radical (unpaired) electrons. The second-order valence-electron chi connectivity index (χ2n) is 4.86. The number of carbonyl (C=O) groups excluding carboxylic acids is 1. The topological polar surface area (TPSA) is 30.0 Å². The third kappa shape index (κ3) is 3.90. The first-order valence-electron chi connectivity index (χ1n) is 6.05. The third-order valence-electron chi connectivity index (χ3n) is 2.83. The van der Waals surface area contributed by atoms with Crippen molar-refractivity contribution in [3.05, 3.63) is 28.1 Å². The highest BCUT2D eigenvalue weighted by Gasteiger charge is 2.39. The summed E-state index contributed by atoms with van der Waals surface area (Å²) in [5.74, 6) is -0.576. The van der Waals surface area contributed by atoms with Crippen LogP contribution in [-0.4, -0.2) is 11.3 Å². The average Bonchev–Trinajstić information content (AvgIpc) is 2.35. The van der Waals surface area contributed by atoms with Crippen molar-refractivity contribution in [3.8, 4) is 0 Å². The number of carbonyl (C=O) groups is 1. The molecule has 1 rings (SSSR count). The Morgan fingerprint density at radius 3 is 2.14 bits per heavy atom. The van der Waals surface area contributed by atoms with Gasteiger partial charge in [-0.25, -0.2) is 13.8 Å². The Bertz CT molecular complexity index is 528. The molecular formula is C13H13ClF5NO.